The molecule has 1 heterocycles. The van der Waals surface area contributed by atoms with Gasteiger partial charge in [0.1, 0.15) is 12.1 Å². The molecule has 1 aliphatic heterocycles. The van der Waals surface area contributed by atoms with Gasteiger partial charge in [0.25, 0.3) is 10.0 Å². The number of nitrogens with two attached hydrogens (primary N) is 1. The van der Waals surface area contributed by atoms with Gasteiger partial charge in [0.2, 0.25) is 5.91 Å². The summed E-state index contributed by atoms with van der Waals surface area (Å²) in [6.45, 7) is 4.27. The molecule has 0 spiro atoms. The maximum absolute atomic E-state index is 13.7. The van der Waals surface area contributed by atoms with E-state index in [-0.39, 0.29) is 27.2 Å². The van der Waals surface area contributed by atoms with Crippen LogP contribution in [0, 0.1) is 0 Å². The summed E-state index contributed by atoms with van der Waals surface area (Å²) in [4.78, 5) is 38.3. The Labute approximate surface area is 219 Å². The normalized spacial score (nSPS) is 15.3. The van der Waals surface area contributed by atoms with Crippen LogP contribution < -0.4 is 20.3 Å². The number of halogens is 2. The van der Waals surface area contributed by atoms with Gasteiger partial charge in [-0.15, -0.1) is 0 Å². The van der Waals surface area contributed by atoms with E-state index >= 15 is 0 Å². The van der Waals surface area contributed by atoms with Crippen molar-refractivity contribution < 1.29 is 27.5 Å². The summed E-state index contributed by atoms with van der Waals surface area (Å²) in [7, 11) is -2.94. The minimum absolute atomic E-state index is 0.0174. The summed E-state index contributed by atoms with van der Waals surface area (Å²) in [5.74, 6) is -2.38. The van der Waals surface area contributed by atoms with Gasteiger partial charge in [0, 0.05) is 29.3 Å². The first-order valence-corrected chi connectivity index (χ1v) is 13.0. The third kappa shape index (κ3) is 5.85. The van der Waals surface area contributed by atoms with Crippen molar-refractivity contribution in [2.75, 3.05) is 29.3 Å². The Hall–Kier alpha value is -3.02. The molecule has 1 atom stereocenters. The van der Waals surface area contributed by atoms with Gasteiger partial charge >= 0.3 is 12.0 Å². The topological polar surface area (TPSA) is 139 Å². The van der Waals surface area contributed by atoms with Crippen molar-refractivity contribution in [1.29, 1.82) is 0 Å². The Kier molecular flexibility index (Phi) is 7.77. The van der Waals surface area contributed by atoms with E-state index in [4.69, 9.17) is 33.7 Å². The summed E-state index contributed by atoms with van der Waals surface area (Å²) in [5, 5.41) is 2.66. The highest BCUT2D eigenvalue weighted by Gasteiger charge is 2.37. The standard InChI is InChI=1S/C23H26Cl2N4O6S/c1-23(2,3)35-20(30)12-29(36(33,34)16-8-13(24)7-14(25)9-16)15-5-6-19-17(10-15)18(21(26)31)11-28(19)22(32)27-4/h5-10,18H,11-12H2,1-4H3,(H2,26,31)(H,27,32). The van der Waals surface area contributed by atoms with E-state index in [2.05, 4.69) is 5.32 Å². The van der Waals surface area contributed by atoms with Crippen molar-refractivity contribution in [2.24, 2.45) is 5.73 Å². The molecule has 36 heavy (non-hydrogen) atoms. The van der Waals surface area contributed by atoms with Crippen molar-refractivity contribution in [2.45, 2.75) is 37.2 Å². The third-order valence-corrected chi connectivity index (χ3v) is 7.44. The molecule has 0 bridgehead atoms. The number of nitrogens with one attached hydrogen (secondary N) is 1. The third-order valence-electron chi connectivity index (χ3n) is 5.25. The molecule has 1 unspecified atom stereocenters. The van der Waals surface area contributed by atoms with Crippen LogP contribution in [0.4, 0.5) is 16.2 Å². The van der Waals surface area contributed by atoms with Crippen LogP contribution in [0.3, 0.4) is 0 Å². The van der Waals surface area contributed by atoms with Crippen molar-refractivity contribution >= 4 is 62.5 Å². The Morgan fingerprint density at radius 1 is 1.14 bits per heavy atom. The summed E-state index contributed by atoms with van der Waals surface area (Å²) in [6.07, 6.45) is 0. The molecule has 1 aliphatic rings. The van der Waals surface area contributed by atoms with E-state index in [1.165, 1.54) is 48.3 Å². The minimum atomic E-state index is -4.38. The van der Waals surface area contributed by atoms with Crippen molar-refractivity contribution in [3.05, 3.63) is 52.0 Å². The van der Waals surface area contributed by atoms with Gasteiger partial charge in [0.05, 0.1) is 16.5 Å². The predicted molar refractivity (Wildman–Crippen MR) is 137 cm³/mol. The molecule has 0 aliphatic carbocycles. The number of nitrogens with zero attached hydrogens (tertiary/aromatic N) is 2. The number of carbonyl (C=O) groups excluding carboxylic acids is 3. The van der Waals surface area contributed by atoms with Crippen LogP contribution in [0.25, 0.3) is 0 Å². The number of primary amides is 1. The Morgan fingerprint density at radius 2 is 1.75 bits per heavy atom. The second kappa shape index (κ2) is 10.2. The van der Waals surface area contributed by atoms with Crippen LogP contribution >= 0.6 is 23.2 Å². The Bertz CT molecular complexity index is 1310. The van der Waals surface area contributed by atoms with Crippen molar-refractivity contribution in [3.63, 3.8) is 0 Å². The van der Waals surface area contributed by atoms with E-state index < -0.39 is 46.0 Å². The number of rotatable bonds is 6. The average Bonchev–Trinajstić information content (AvgIpc) is 3.14. The molecule has 0 saturated heterocycles. The molecule has 0 aromatic heterocycles. The van der Waals surface area contributed by atoms with Crippen LogP contribution in [-0.4, -0.2) is 52.1 Å². The summed E-state index contributed by atoms with van der Waals surface area (Å²) in [6, 6.07) is 7.66. The number of urea groups is 1. The van der Waals surface area contributed by atoms with E-state index in [1.54, 1.807) is 20.8 Å². The maximum Gasteiger partial charge on any atom is 0.327 e. The molecule has 0 saturated carbocycles. The smallest absolute Gasteiger partial charge is 0.327 e. The number of carbonyl (C=O) groups is 3. The summed E-state index contributed by atoms with van der Waals surface area (Å²) < 4.78 is 33.6. The zero-order chi connectivity index (χ0) is 27.0. The number of hydrogen-bond donors (Lipinski definition) is 2. The van der Waals surface area contributed by atoms with E-state index in [9.17, 15) is 22.8 Å². The van der Waals surface area contributed by atoms with Crippen LogP contribution in [-0.2, 0) is 24.3 Å². The second-order valence-corrected chi connectivity index (χ2v) is 11.8. The average molecular weight is 557 g/mol. The second-order valence-electron chi connectivity index (χ2n) is 9.07. The lowest BCUT2D eigenvalue weighted by molar-refractivity contribution is -0.152. The Morgan fingerprint density at radius 3 is 2.28 bits per heavy atom. The van der Waals surface area contributed by atoms with Crippen LogP contribution in [0.5, 0.6) is 0 Å². The molecule has 2 aromatic rings. The highest BCUT2D eigenvalue weighted by Crippen LogP contribution is 2.40. The quantitative estimate of drug-likeness (QED) is 0.523. The molecule has 0 fully saturated rings. The molecule has 3 N–H and O–H groups in total. The fourth-order valence-corrected chi connectivity index (χ4v) is 5.91. The molecule has 2 aromatic carbocycles. The first-order valence-electron chi connectivity index (χ1n) is 10.8. The van der Waals surface area contributed by atoms with E-state index in [0.717, 1.165) is 4.31 Å². The first kappa shape index (κ1) is 27.6. The molecule has 10 nitrogen and oxygen atoms in total. The molecule has 13 heteroatoms. The van der Waals surface area contributed by atoms with Crippen LogP contribution in [0.15, 0.2) is 41.3 Å². The van der Waals surface area contributed by atoms with Gasteiger partial charge in [-0.1, -0.05) is 23.2 Å². The molecule has 0 radical (unpaired) electrons. The number of sulfonamides is 1. The fourth-order valence-electron chi connectivity index (χ4n) is 3.78. The number of anilines is 2. The summed E-state index contributed by atoms with van der Waals surface area (Å²) in [5.41, 5.74) is 5.50. The lowest BCUT2D eigenvalue weighted by Crippen LogP contribution is -2.39. The number of hydrogen-bond acceptors (Lipinski definition) is 6. The van der Waals surface area contributed by atoms with Gasteiger partial charge in [0.15, 0.2) is 0 Å². The minimum Gasteiger partial charge on any atom is -0.459 e. The van der Waals surface area contributed by atoms with Crippen LogP contribution in [0.2, 0.25) is 10.0 Å². The lowest BCUT2D eigenvalue weighted by Gasteiger charge is -2.27. The monoisotopic (exact) mass is 556 g/mol. The molecule has 194 valence electrons. The molecular weight excluding hydrogens is 531 g/mol. The fraction of sp³-hybridized carbons (Fsp3) is 0.348. The number of amides is 3. The first-order chi connectivity index (χ1) is 16.6. The SMILES string of the molecule is CNC(=O)N1CC(C(N)=O)c2cc(N(CC(=O)OC(C)(C)C)S(=O)(=O)c3cc(Cl)cc(Cl)c3)ccc21. The molecular formula is C23H26Cl2N4O6S. The van der Waals surface area contributed by atoms with Crippen LogP contribution in [0.1, 0.15) is 32.3 Å². The van der Waals surface area contributed by atoms with Gasteiger partial charge in [-0.2, -0.15) is 0 Å². The maximum atomic E-state index is 13.7. The Balaban J connectivity index is 2.16. The number of fused-ring (bicyclic) bond motifs is 1. The number of esters is 1. The highest BCUT2D eigenvalue weighted by atomic mass is 35.5. The predicted octanol–water partition coefficient (Wildman–Crippen LogP) is 3.26. The van der Waals surface area contributed by atoms with E-state index in [1.807, 2.05) is 0 Å². The van der Waals surface area contributed by atoms with Crippen molar-refractivity contribution in [3.8, 4) is 0 Å². The van der Waals surface area contributed by atoms with Gasteiger partial charge < -0.3 is 15.8 Å². The molecule has 3 amide bonds. The lowest BCUT2D eigenvalue weighted by atomic mass is 10.0. The van der Waals surface area contributed by atoms with Gasteiger partial charge in [-0.05, 0) is 62.7 Å². The van der Waals surface area contributed by atoms with Gasteiger partial charge in [-0.25, -0.2) is 13.2 Å². The highest BCUT2D eigenvalue weighted by molar-refractivity contribution is 7.92. The van der Waals surface area contributed by atoms with Gasteiger partial charge in [-0.3, -0.25) is 18.8 Å². The zero-order valence-corrected chi connectivity index (χ0v) is 22.4. The van der Waals surface area contributed by atoms with Crippen molar-refractivity contribution in [1.82, 2.24) is 5.32 Å². The number of benzene rings is 2. The largest absolute Gasteiger partial charge is 0.459 e. The van der Waals surface area contributed by atoms with E-state index in [0.29, 0.717) is 11.3 Å². The molecule has 3 rings (SSSR count). The number of ether oxygens (including phenoxy) is 1. The summed E-state index contributed by atoms with van der Waals surface area (Å²) >= 11 is 12.1. The zero-order valence-electron chi connectivity index (χ0n) is 20.0.